The molecule has 0 saturated carbocycles. The molecular weight excluding hydrogens is 400 g/mol. The minimum Gasteiger partial charge on any atom is -0.377 e. The molecule has 154 valence electrons. The van der Waals surface area contributed by atoms with Crippen molar-refractivity contribution in [3.05, 3.63) is 89.6 Å². The largest absolute Gasteiger partial charge is 0.377 e. The Hall–Kier alpha value is -3.33. The van der Waals surface area contributed by atoms with E-state index in [1.807, 2.05) is 6.92 Å². The van der Waals surface area contributed by atoms with Crippen LogP contribution in [0.3, 0.4) is 0 Å². The number of aliphatic hydroxyl groups is 1. The summed E-state index contributed by atoms with van der Waals surface area (Å²) in [4.78, 5) is 7.67. The fourth-order valence-electron chi connectivity index (χ4n) is 3.36. The van der Waals surface area contributed by atoms with E-state index in [9.17, 15) is 13.9 Å². The van der Waals surface area contributed by atoms with Gasteiger partial charge in [0, 0.05) is 17.0 Å². The number of aryl methyl sites for hydroxylation is 1. The van der Waals surface area contributed by atoms with Gasteiger partial charge in [-0.1, -0.05) is 17.7 Å². The van der Waals surface area contributed by atoms with Gasteiger partial charge in [0.25, 0.3) is 0 Å². The average Bonchev–Trinajstić information content (AvgIpc) is 3.20. The summed E-state index contributed by atoms with van der Waals surface area (Å²) >= 11 is 0. The molecule has 0 saturated heterocycles. The van der Waals surface area contributed by atoms with Gasteiger partial charge in [-0.2, -0.15) is 13.9 Å². The van der Waals surface area contributed by atoms with Crippen molar-refractivity contribution in [2.75, 3.05) is 0 Å². The second kappa shape index (κ2) is 7.17. The lowest BCUT2D eigenvalue weighted by Gasteiger charge is -2.36. The number of pyridine rings is 1. The van der Waals surface area contributed by atoms with Crippen molar-refractivity contribution in [1.82, 2.24) is 19.7 Å². The van der Waals surface area contributed by atoms with E-state index >= 15 is 8.78 Å². The molecule has 0 aliphatic rings. The maximum atomic E-state index is 15.7. The Morgan fingerprint density at radius 3 is 2.53 bits per heavy atom. The first-order valence-corrected chi connectivity index (χ1v) is 8.97. The van der Waals surface area contributed by atoms with Crippen molar-refractivity contribution in [3.8, 4) is 0 Å². The monoisotopic (exact) mass is 416 g/mol. The lowest BCUT2D eigenvalue weighted by molar-refractivity contribution is -0.207. The minimum absolute atomic E-state index is 0.292. The molecule has 0 aliphatic heterocycles. The van der Waals surface area contributed by atoms with E-state index in [4.69, 9.17) is 0 Å². The van der Waals surface area contributed by atoms with Gasteiger partial charge in [0.15, 0.2) is 5.60 Å². The molecule has 0 spiro atoms. The summed E-state index contributed by atoms with van der Waals surface area (Å²) < 4.78 is 60.3. The number of alkyl halides is 2. The van der Waals surface area contributed by atoms with Crippen LogP contribution in [-0.2, 0) is 18.1 Å². The normalized spacial score (nSPS) is 14.1. The Labute approximate surface area is 168 Å². The average molecular weight is 416 g/mol. The highest BCUT2D eigenvalue weighted by atomic mass is 19.3. The third kappa shape index (κ3) is 3.30. The summed E-state index contributed by atoms with van der Waals surface area (Å²) in [6.07, 6.45) is 2.20. The molecule has 5 nitrogen and oxygen atoms in total. The Morgan fingerprint density at radius 2 is 1.83 bits per heavy atom. The SMILES string of the molecule is Cc1ccc2nc(C(F)(F)C(O)(Cn3cncn3)c3ccc(F)cc3F)ccc2c1. The molecule has 0 amide bonds. The standard InChI is InChI=1S/C21H16F4N4O/c1-13-2-6-18-14(8-13)3-7-19(28-18)21(24,25)20(30,10-29-12-26-11-27-29)16-5-4-15(22)9-17(16)23/h2-9,11-12,30H,10H2,1H3. The van der Waals surface area contributed by atoms with Gasteiger partial charge in [0.2, 0.25) is 0 Å². The summed E-state index contributed by atoms with van der Waals surface area (Å²) in [5.41, 5.74) is -3.44. The quantitative estimate of drug-likeness (QED) is 0.498. The fourth-order valence-corrected chi connectivity index (χ4v) is 3.36. The van der Waals surface area contributed by atoms with E-state index in [0.717, 1.165) is 41.1 Å². The molecule has 4 aromatic rings. The highest BCUT2D eigenvalue weighted by Crippen LogP contribution is 2.47. The van der Waals surface area contributed by atoms with Gasteiger partial charge in [-0.3, -0.25) is 0 Å². The third-order valence-corrected chi connectivity index (χ3v) is 4.92. The van der Waals surface area contributed by atoms with E-state index in [2.05, 4.69) is 15.1 Å². The van der Waals surface area contributed by atoms with Gasteiger partial charge in [-0.15, -0.1) is 0 Å². The molecule has 30 heavy (non-hydrogen) atoms. The molecule has 2 aromatic carbocycles. The van der Waals surface area contributed by atoms with Crippen LogP contribution in [0.5, 0.6) is 0 Å². The van der Waals surface area contributed by atoms with Gasteiger partial charge in [0.1, 0.15) is 30.0 Å². The van der Waals surface area contributed by atoms with Crippen LogP contribution in [0.1, 0.15) is 16.8 Å². The Kier molecular flexibility index (Phi) is 4.77. The summed E-state index contributed by atoms with van der Waals surface area (Å²) in [5, 5.41) is 15.6. The number of hydrogen-bond acceptors (Lipinski definition) is 4. The van der Waals surface area contributed by atoms with Crippen molar-refractivity contribution < 1.29 is 22.7 Å². The molecule has 1 unspecified atom stereocenters. The Morgan fingerprint density at radius 1 is 1.03 bits per heavy atom. The van der Waals surface area contributed by atoms with Crippen molar-refractivity contribution >= 4 is 10.9 Å². The molecule has 2 aromatic heterocycles. The summed E-state index contributed by atoms with van der Waals surface area (Å²) in [7, 11) is 0. The lowest BCUT2D eigenvalue weighted by atomic mass is 9.84. The molecule has 1 N–H and O–H groups in total. The maximum absolute atomic E-state index is 15.7. The molecule has 2 heterocycles. The number of benzene rings is 2. The Balaban J connectivity index is 1.89. The van der Waals surface area contributed by atoms with Gasteiger partial charge >= 0.3 is 5.92 Å². The number of hydrogen-bond donors (Lipinski definition) is 1. The molecule has 0 aliphatic carbocycles. The molecule has 9 heteroatoms. The molecule has 0 bridgehead atoms. The van der Waals surface area contributed by atoms with Crippen LogP contribution >= 0.6 is 0 Å². The number of rotatable bonds is 5. The highest BCUT2D eigenvalue weighted by molar-refractivity contribution is 5.79. The second-order valence-electron chi connectivity index (χ2n) is 7.04. The zero-order valence-corrected chi connectivity index (χ0v) is 15.7. The van der Waals surface area contributed by atoms with E-state index in [-0.39, 0.29) is 0 Å². The van der Waals surface area contributed by atoms with Crippen molar-refractivity contribution in [2.45, 2.75) is 25.0 Å². The van der Waals surface area contributed by atoms with Gasteiger partial charge < -0.3 is 5.11 Å². The zero-order chi connectivity index (χ0) is 21.5. The van der Waals surface area contributed by atoms with E-state index < -0.39 is 41.0 Å². The first-order valence-electron chi connectivity index (χ1n) is 8.97. The second-order valence-corrected chi connectivity index (χ2v) is 7.04. The number of nitrogens with zero attached hydrogens (tertiary/aromatic N) is 4. The maximum Gasteiger partial charge on any atom is 0.323 e. The van der Waals surface area contributed by atoms with E-state index in [1.54, 1.807) is 18.2 Å². The Bertz CT molecular complexity index is 1210. The van der Waals surface area contributed by atoms with Crippen LogP contribution in [0, 0.1) is 18.6 Å². The zero-order valence-electron chi connectivity index (χ0n) is 15.7. The van der Waals surface area contributed by atoms with Crippen LogP contribution in [0.25, 0.3) is 10.9 Å². The first-order chi connectivity index (χ1) is 14.2. The van der Waals surface area contributed by atoms with Crippen LogP contribution in [0.4, 0.5) is 17.6 Å². The van der Waals surface area contributed by atoms with Crippen molar-refractivity contribution in [3.63, 3.8) is 0 Å². The van der Waals surface area contributed by atoms with Crippen molar-refractivity contribution in [2.24, 2.45) is 0 Å². The molecule has 4 rings (SSSR count). The lowest BCUT2D eigenvalue weighted by Crippen LogP contribution is -2.48. The molecular formula is C21H16F4N4O. The van der Waals surface area contributed by atoms with Crippen LogP contribution in [0.2, 0.25) is 0 Å². The predicted molar refractivity (Wildman–Crippen MR) is 101 cm³/mol. The summed E-state index contributed by atoms with van der Waals surface area (Å²) in [5.74, 6) is -6.33. The molecule has 0 fully saturated rings. The topological polar surface area (TPSA) is 63.8 Å². The third-order valence-electron chi connectivity index (χ3n) is 4.92. The smallest absolute Gasteiger partial charge is 0.323 e. The van der Waals surface area contributed by atoms with Crippen molar-refractivity contribution in [1.29, 1.82) is 0 Å². The van der Waals surface area contributed by atoms with Gasteiger partial charge in [-0.25, -0.2) is 23.4 Å². The number of halogens is 4. The van der Waals surface area contributed by atoms with E-state index in [1.165, 1.54) is 6.07 Å². The summed E-state index contributed by atoms with van der Waals surface area (Å²) in [6, 6.07) is 9.65. The summed E-state index contributed by atoms with van der Waals surface area (Å²) in [6.45, 7) is 1.02. The van der Waals surface area contributed by atoms with Crippen LogP contribution < -0.4 is 0 Å². The van der Waals surface area contributed by atoms with E-state index in [0.29, 0.717) is 17.0 Å². The minimum atomic E-state index is -4.06. The van der Waals surface area contributed by atoms with Gasteiger partial charge in [0.05, 0.1) is 12.1 Å². The number of fused-ring (bicyclic) bond motifs is 1. The first kappa shape index (κ1) is 20.0. The number of aromatic nitrogens is 4. The predicted octanol–water partition coefficient (Wildman–Crippen LogP) is 4.09. The molecule has 1 atom stereocenters. The van der Waals surface area contributed by atoms with Gasteiger partial charge in [-0.05, 0) is 37.3 Å². The van der Waals surface area contributed by atoms with Crippen LogP contribution in [0.15, 0.2) is 61.2 Å². The fraction of sp³-hybridized carbons (Fsp3) is 0.190. The molecule has 0 radical (unpaired) electrons. The highest BCUT2D eigenvalue weighted by Gasteiger charge is 2.57. The van der Waals surface area contributed by atoms with Crippen LogP contribution in [-0.4, -0.2) is 24.9 Å².